The van der Waals surface area contributed by atoms with Crippen molar-refractivity contribution in [3.8, 4) is 27.6 Å². The zero-order valence-electron chi connectivity index (χ0n) is 26.5. The van der Waals surface area contributed by atoms with E-state index in [1.807, 2.05) is 18.2 Å². The number of carbonyl (C=O) groups excluding carboxylic acids is 1. The molecule has 13 heteroatoms. The fourth-order valence-corrected chi connectivity index (χ4v) is 10.8. The van der Waals surface area contributed by atoms with Crippen molar-refractivity contribution < 1.29 is 27.1 Å². The molecule has 52 heavy (non-hydrogen) atoms. The van der Waals surface area contributed by atoms with Gasteiger partial charge in [0.1, 0.15) is 11.4 Å². The molecule has 2 aliphatic carbocycles. The van der Waals surface area contributed by atoms with Crippen LogP contribution < -0.4 is 14.5 Å². The van der Waals surface area contributed by atoms with E-state index < -0.39 is 40.4 Å². The summed E-state index contributed by atoms with van der Waals surface area (Å²) in [6.07, 6.45) is 7.71. The van der Waals surface area contributed by atoms with Crippen molar-refractivity contribution in [3.63, 3.8) is 0 Å². The van der Waals surface area contributed by atoms with Crippen LogP contribution in [-0.2, 0) is 5.60 Å². The molecule has 4 heterocycles. The number of thiophene rings is 3. The van der Waals surface area contributed by atoms with Gasteiger partial charge in [0.15, 0.2) is 29.1 Å². The second kappa shape index (κ2) is 12.4. The fourth-order valence-electron chi connectivity index (χ4n) is 7.19. The first-order valence-corrected chi connectivity index (χ1v) is 18.2. The number of carbonyl (C=O) groups is 1. The lowest BCUT2D eigenvalue weighted by atomic mass is 9.78. The number of benzene rings is 2. The van der Waals surface area contributed by atoms with Crippen LogP contribution >= 0.6 is 34.0 Å². The minimum Gasteiger partial charge on any atom is -0.481 e. The van der Waals surface area contributed by atoms with E-state index in [0.717, 1.165) is 87.9 Å². The van der Waals surface area contributed by atoms with Gasteiger partial charge in [-0.15, -0.1) is 34.0 Å². The quantitative estimate of drug-likeness (QED) is 0.0780. The Kier molecular flexibility index (Phi) is 7.97. The molecular weight excluding hydrogens is 729 g/mol. The molecule has 1 spiro atoms. The number of Topliss-reactive ketones (excluding diaryl/α,β-unsaturated/α-hetero) is 1. The molecule has 1 saturated carbocycles. The summed E-state index contributed by atoms with van der Waals surface area (Å²) in [4.78, 5) is 23.2. The van der Waals surface area contributed by atoms with Crippen molar-refractivity contribution in [2.24, 2.45) is 0 Å². The smallest absolute Gasteiger partial charge is 0.271 e. The van der Waals surface area contributed by atoms with Crippen LogP contribution in [0.5, 0.6) is 5.75 Å². The number of fused-ring (bicyclic) bond motifs is 6. The molecule has 5 aromatic rings. The molecular formula is C39H18F4N4O2S3. The Morgan fingerprint density at radius 3 is 2.12 bits per heavy atom. The average molecular weight is 747 g/mol. The van der Waals surface area contributed by atoms with Crippen molar-refractivity contribution in [2.75, 3.05) is 0 Å². The van der Waals surface area contributed by atoms with Crippen LogP contribution in [0.25, 0.3) is 53.0 Å². The van der Waals surface area contributed by atoms with Crippen LogP contribution in [0.2, 0.25) is 0 Å². The fraction of sp³-hybridized carbons (Fsp3) is 0.154. The molecule has 0 radical (unpaired) electrons. The van der Waals surface area contributed by atoms with Gasteiger partial charge >= 0.3 is 0 Å². The summed E-state index contributed by atoms with van der Waals surface area (Å²) in [6, 6.07) is 11.2. The van der Waals surface area contributed by atoms with E-state index >= 15 is 0 Å². The van der Waals surface area contributed by atoms with Gasteiger partial charge in [-0.2, -0.15) is 0 Å². The predicted molar refractivity (Wildman–Crippen MR) is 191 cm³/mol. The summed E-state index contributed by atoms with van der Waals surface area (Å²) in [7, 11) is 0. The monoisotopic (exact) mass is 746 g/mol. The lowest BCUT2D eigenvalue weighted by Gasteiger charge is -2.40. The van der Waals surface area contributed by atoms with Gasteiger partial charge in [0.25, 0.3) is 11.4 Å². The molecule has 1 fully saturated rings. The van der Waals surface area contributed by atoms with E-state index in [1.165, 1.54) is 28.7 Å². The molecule has 1 aliphatic heterocycles. The van der Waals surface area contributed by atoms with Crippen molar-refractivity contribution in [1.82, 2.24) is 0 Å². The van der Waals surface area contributed by atoms with E-state index in [1.54, 1.807) is 12.1 Å². The summed E-state index contributed by atoms with van der Waals surface area (Å²) < 4.78 is 64.8. The maximum Gasteiger partial charge on any atom is 0.271 e. The third kappa shape index (κ3) is 5.09. The van der Waals surface area contributed by atoms with E-state index in [4.69, 9.17) is 17.9 Å². The van der Waals surface area contributed by atoms with Crippen LogP contribution in [-0.4, -0.2) is 5.78 Å². The van der Waals surface area contributed by atoms with Crippen LogP contribution in [0.15, 0.2) is 47.7 Å². The maximum atomic E-state index is 14.3. The second-order valence-electron chi connectivity index (χ2n) is 12.4. The van der Waals surface area contributed by atoms with Gasteiger partial charge in [-0.25, -0.2) is 37.8 Å². The van der Waals surface area contributed by atoms with Crippen molar-refractivity contribution in [1.29, 1.82) is 10.5 Å². The molecule has 0 bridgehead atoms. The SMILES string of the molecule is [C-]#[N+]/C(C#N)=C1\C(=C\c2cc3c(s2)-c2sc(/C=c4\sc5cc(F)c(F)cc5\c4=C(\C#N)[N+]#[C-])cc2C2(CCCCC2)O3)C(=O)c2cc(F)c(F)cc21. The Balaban J connectivity index is 1.31. The van der Waals surface area contributed by atoms with Gasteiger partial charge in [-0.1, -0.05) is 6.42 Å². The largest absolute Gasteiger partial charge is 0.481 e. The first kappa shape index (κ1) is 33.3. The highest BCUT2D eigenvalue weighted by Crippen LogP contribution is 2.57. The zero-order valence-corrected chi connectivity index (χ0v) is 28.9. The van der Waals surface area contributed by atoms with E-state index in [-0.39, 0.29) is 38.6 Å². The van der Waals surface area contributed by atoms with Crippen LogP contribution in [0.4, 0.5) is 17.6 Å². The number of hydrogen-bond acceptors (Lipinski definition) is 7. The van der Waals surface area contributed by atoms with E-state index in [2.05, 4.69) is 9.69 Å². The van der Waals surface area contributed by atoms with Crippen molar-refractivity contribution >= 4 is 73.3 Å². The minimum atomic E-state index is -1.22. The standard InChI is InChI=1S/C39H18F4N4O2S3/c1-46-29(16-44)34-20-12-25(40)26(41)13-21(20)36(48)23(34)8-18-10-31-38(51-18)37-24(39(49-31)6-4-3-5-7-39)9-19(50-37)11-33-35(30(17-45)47-2)22-14-27(42)28(43)15-32(22)52-33/h8-15H,3-7H2/b23-8-,33-11-,34-29-,35-30+. The second-order valence-corrected chi connectivity index (χ2v) is 15.6. The Bertz CT molecular complexity index is 2790. The highest BCUT2D eigenvalue weighted by molar-refractivity contribution is 7.23. The van der Waals surface area contributed by atoms with Crippen LogP contribution in [0, 0.1) is 59.1 Å². The van der Waals surface area contributed by atoms with Crippen molar-refractivity contribution in [2.45, 2.75) is 37.7 Å². The number of ketones is 1. The molecule has 8 rings (SSSR count). The van der Waals surface area contributed by atoms with E-state index in [9.17, 15) is 32.9 Å². The lowest BCUT2D eigenvalue weighted by molar-refractivity contribution is 0.0250. The number of nitriles is 2. The highest BCUT2D eigenvalue weighted by atomic mass is 32.1. The Morgan fingerprint density at radius 1 is 0.788 bits per heavy atom. The van der Waals surface area contributed by atoms with Gasteiger partial charge in [0.2, 0.25) is 0 Å². The summed E-state index contributed by atoms with van der Waals surface area (Å²) in [6.45, 7) is 15.1. The molecule has 0 amide bonds. The van der Waals surface area contributed by atoms with Gasteiger partial charge in [-0.05, 0) is 85.2 Å². The maximum absolute atomic E-state index is 14.3. The molecule has 2 aromatic carbocycles. The lowest BCUT2D eigenvalue weighted by Crippen LogP contribution is -2.37. The molecule has 0 atom stereocenters. The number of allylic oxidation sites excluding steroid dienone is 3. The molecule has 3 aromatic heterocycles. The van der Waals surface area contributed by atoms with Crippen LogP contribution in [0.3, 0.4) is 0 Å². The normalized spacial score (nSPS) is 18.2. The summed E-state index contributed by atoms with van der Waals surface area (Å²) in [5.41, 5.74) is -0.619. The number of hydrogen-bond donors (Lipinski definition) is 0. The van der Waals surface area contributed by atoms with Gasteiger partial charge in [0, 0.05) is 46.5 Å². The minimum absolute atomic E-state index is 0.0248. The van der Waals surface area contributed by atoms with Crippen molar-refractivity contribution in [3.05, 3.63) is 130 Å². The Labute approximate surface area is 305 Å². The average Bonchev–Trinajstić information content (AvgIpc) is 3.88. The molecule has 0 unspecified atom stereocenters. The van der Waals surface area contributed by atoms with Gasteiger partial charge in [-0.3, -0.25) is 4.79 Å². The van der Waals surface area contributed by atoms with Crippen LogP contribution in [0.1, 0.15) is 63.3 Å². The first-order chi connectivity index (χ1) is 25.1. The number of ether oxygens (including phenoxy) is 1. The first-order valence-electron chi connectivity index (χ1n) is 15.8. The summed E-state index contributed by atoms with van der Waals surface area (Å²) >= 11 is 3.92. The Morgan fingerprint density at radius 2 is 1.42 bits per heavy atom. The topological polar surface area (TPSA) is 82.6 Å². The highest BCUT2D eigenvalue weighted by Gasteiger charge is 2.44. The molecule has 3 aliphatic rings. The van der Waals surface area contributed by atoms with E-state index in [0.29, 0.717) is 19.9 Å². The molecule has 252 valence electrons. The number of halogens is 4. The molecule has 0 N–H and O–H groups in total. The third-order valence-corrected chi connectivity index (χ3v) is 12.9. The van der Waals surface area contributed by atoms with Gasteiger partial charge < -0.3 is 4.74 Å². The summed E-state index contributed by atoms with van der Waals surface area (Å²) in [5.74, 6) is -4.60. The number of rotatable bonds is 2. The number of nitrogens with zero attached hydrogens (tertiary/aromatic N) is 4. The third-order valence-electron chi connectivity index (χ3n) is 9.45. The molecule has 6 nitrogen and oxygen atoms in total. The van der Waals surface area contributed by atoms with Gasteiger partial charge in [0.05, 0.1) is 35.0 Å². The molecule has 0 saturated heterocycles. The Hall–Kier alpha value is -5.83. The predicted octanol–water partition coefficient (Wildman–Crippen LogP) is 9.61. The zero-order chi connectivity index (χ0) is 36.5. The summed E-state index contributed by atoms with van der Waals surface area (Å²) in [5, 5.41) is 20.0.